The van der Waals surface area contributed by atoms with Gasteiger partial charge in [0.25, 0.3) is 0 Å². The minimum absolute atomic E-state index is 0.119. The zero-order valence-corrected chi connectivity index (χ0v) is 22.2. The van der Waals surface area contributed by atoms with E-state index in [0.717, 1.165) is 56.0 Å². The molecule has 1 N–H and O–H groups in total. The Morgan fingerprint density at radius 3 is 2.44 bits per heavy atom. The summed E-state index contributed by atoms with van der Waals surface area (Å²) in [6.45, 7) is 9.80. The Labute approximate surface area is 204 Å². The molecule has 0 heterocycles. The lowest BCUT2D eigenvalue weighted by Gasteiger charge is -2.27. The smallest absolute Gasteiger partial charge is 0.237 e. The Kier molecular flexibility index (Phi) is 18.9. The van der Waals surface area contributed by atoms with Gasteiger partial charge in [-0.3, -0.25) is 9.69 Å². The van der Waals surface area contributed by atoms with Crippen LogP contribution in [0.25, 0.3) is 0 Å². The number of nitrogens with zero attached hydrogens (tertiary/aromatic N) is 1. The Morgan fingerprint density at radius 2 is 1.78 bits per heavy atom. The van der Waals surface area contributed by atoms with Crippen LogP contribution in [0.5, 0.6) is 0 Å². The molecule has 0 aliphatic heterocycles. The van der Waals surface area contributed by atoms with Crippen LogP contribution in [0.2, 0.25) is 0 Å². The molecule has 0 saturated heterocycles. The molecule has 0 aliphatic rings. The molecule has 0 fully saturated rings. The van der Waals surface area contributed by atoms with Gasteiger partial charge in [0.2, 0.25) is 5.91 Å². The number of hydrogen-bond donors (Lipinski definition) is 1. The lowest BCUT2D eigenvalue weighted by molar-refractivity contribution is -0.126. The topological polar surface area (TPSA) is 49.4 Å². The molecule has 1 unspecified atom stereocenters. The molecule has 1 rings (SSSR count). The maximum atomic E-state index is 12.9. The van der Waals surface area contributed by atoms with E-state index in [2.05, 4.69) is 64.3 Å². The molecule has 1 aromatic carbocycles. The largest absolute Gasteiger partial charge is 0.355 e. The first kappa shape index (κ1) is 30.3. The van der Waals surface area contributed by atoms with Crippen LogP contribution >= 0.6 is 15.9 Å². The summed E-state index contributed by atoms with van der Waals surface area (Å²) in [4.78, 5) is 25.3. The molecule has 180 valence electrons. The minimum Gasteiger partial charge on any atom is -0.355 e. The standard InChI is InChI=1S/C25H37BrN2O2.C2H6/c1-21(2)16-17-27-25(30)24(15-10-8-6-4-5-7-9-11-18-29)28(3)20-22-13-12-14-23(26)19-22;1-2/h4,6-7,9,12-14,18-19,21,24H,5,8,10-11,15-17,20H2,1-3H3,(H,27,30);1-2H3/b6-4-,9-7-;. The summed E-state index contributed by atoms with van der Waals surface area (Å²) in [5, 5.41) is 3.13. The SMILES string of the molecule is CC.CC(C)CCNC(=O)C(CCC/C=C\C/C=C\CC=O)N(C)Cc1cccc(Br)c1. The quantitative estimate of drug-likeness (QED) is 0.163. The minimum atomic E-state index is -0.142. The number of carbonyl (C=O) groups is 2. The van der Waals surface area contributed by atoms with Crippen LogP contribution in [-0.4, -0.2) is 36.7 Å². The summed E-state index contributed by atoms with van der Waals surface area (Å²) in [5.74, 6) is 0.697. The van der Waals surface area contributed by atoms with E-state index in [-0.39, 0.29) is 11.9 Å². The highest BCUT2D eigenvalue weighted by Crippen LogP contribution is 2.16. The third-order valence-corrected chi connectivity index (χ3v) is 5.36. The number of aldehydes is 1. The average Bonchev–Trinajstić information content (AvgIpc) is 2.76. The van der Waals surface area contributed by atoms with Crippen LogP contribution < -0.4 is 5.32 Å². The van der Waals surface area contributed by atoms with Crippen LogP contribution in [-0.2, 0) is 16.1 Å². The molecule has 1 atom stereocenters. The normalized spacial score (nSPS) is 12.2. The molecule has 1 aromatic rings. The van der Waals surface area contributed by atoms with E-state index in [0.29, 0.717) is 12.3 Å². The van der Waals surface area contributed by atoms with Crippen LogP contribution in [0, 0.1) is 5.92 Å². The van der Waals surface area contributed by atoms with Crippen molar-refractivity contribution in [3.8, 4) is 0 Å². The number of benzene rings is 1. The van der Waals surface area contributed by atoms with Gasteiger partial charge in [0.1, 0.15) is 6.29 Å². The molecule has 5 heteroatoms. The number of amides is 1. The maximum Gasteiger partial charge on any atom is 0.237 e. The summed E-state index contributed by atoms with van der Waals surface area (Å²) < 4.78 is 1.05. The maximum absolute atomic E-state index is 12.9. The fourth-order valence-corrected chi connectivity index (χ4v) is 3.60. The third kappa shape index (κ3) is 15.1. The Balaban J connectivity index is 0.00000466. The van der Waals surface area contributed by atoms with Gasteiger partial charge in [-0.05, 0) is 62.8 Å². The van der Waals surface area contributed by atoms with Crippen molar-refractivity contribution in [1.29, 1.82) is 0 Å². The summed E-state index contributed by atoms with van der Waals surface area (Å²) >= 11 is 3.52. The van der Waals surface area contributed by atoms with Crippen molar-refractivity contribution < 1.29 is 9.59 Å². The average molecular weight is 508 g/mol. The van der Waals surface area contributed by atoms with Crippen LogP contribution in [0.15, 0.2) is 53.0 Å². The van der Waals surface area contributed by atoms with E-state index >= 15 is 0 Å². The zero-order chi connectivity index (χ0) is 24.2. The first-order valence-corrected chi connectivity index (χ1v) is 12.7. The second-order valence-corrected chi connectivity index (χ2v) is 8.96. The van der Waals surface area contributed by atoms with Crippen molar-refractivity contribution >= 4 is 28.1 Å². The number of halogens is 1. The number of unbranched alkanes of at least 4 members (excludes halogenated alkanes) is 1. The first-order valence-electron chi connectivity index (χ1n) is 11.9. The van der Waals surface area contributed by atoms with Gasteiger partial charge in [0.05, 0.1) is 6.04 Å². The first-order chi connectivity index (χ1) is 15.4. The number of rotatable bonds is 15. The molecule has 0 saturated carbocycles. The van der Waals surface area contributed by atoms with Crippen molar-refractivity contribution in [3.63, 3.8) is 0 Å². The summed E-state index contributed by atoms with van der Waals surface area (Å²) in [5.41, 5.74) is 1.19. The van der Waals surface area contributed by atoms with E-state index < -0.39 is 0 Å². The third-order valence-electron chi connectivity index (χ3n) is 4.86. The molecule has 0 spiro atoms. The summed E-state index contributed by atoms with van der Waals surface area (Å²) in [6.07, 6.45) is 14.1. The van der Waals surface area contributed by atoms with Gasteiger partial charge < -0.3 is 10.1 Å². The van der Waals surface area contributed by atoms with Crippen molar-refractivity contribution in [2.24, 2.45) is 5.92 Å². The van der Waals surface area contributed by atoms with E-state index in [4.69, 9.17) is 0 Å². The second-order valence-electron chi connectivity index (χ2n) is 8.05. The summed E-state index contributed by atoms with van der Waals surface area (Å²) in [6, 6.07) is 8.09. The molecule has 0 aliphatic carbocycles. The monoisotopic (exact) mass is 506 g/mol. The van der Waals surface area contributed by atoms with E-state index in [9.17, 15) is 9.59 Å². The van der Waals surface area contributed by atoms with E-state index in [1.54, 1.807) is 0 Å². The highest BCUT2D eigenvalue weighted by molar-refractivity contribution is 9.10. The number of hydrogen-bond acceptors (Lipinski definition) is 3. The molecular weight excluding hydrogens is 464 g/mol. The molecule has 4 nitrogen and oxygen atoms in total. The van der Waals surface area contributed by atoms with Crippen molar-refractivity contribution in [1.82, 2.24) is 10.2 Å². The van der Waals surface area contributed by atoms with Gasteiger partial charge in [-0.1, -0.05) is 80.1 Å². The van der Waals surface area contributed by atoms with Crippen LogP contribution in [0.1, 0.15) is 71.8 Å². The van der Waals surface area contributed by atoms with Crippen LogP contribution in [0.3, 0.4) is 0 Å². The Morgan fingerprint density at radius 1 is 1.09 bits per heavy atom. The van der Waals surface area contributed by atoms with Gasteiger partial charge in [-0.25, -0.2) is 0 Å². The van der Waals surface area contributed by atoms with E-state index in [1.165, 1.54) is 5.56 Å². The molecule has 1 amide bonds. The Bertz CT molecular complexity index is 686. The van der Waals surface area contributed by atoms with Gasteiger partial charge in [0, 0.05) is 24.0 Å². The number of likely N-dealkylation sites (N-methyl/N-ethyl adjacent to an activating group) is 1. The molecular formula is C27H43BrN2O2. The van der Waals surface area contributed by atoms with Gasteiger partial charge in [-0.15, -0.1) is 0 Å². The molecule has 32 heavy (non-hydrogen) atoms. The van der Waals surface area contributed by atoms with Gasteiger partial charge in [0.15, 0.2) is 0 Å². The predicted octanol–water partition coefficient (Wildman–Crippen LogP) is 6.70. The zero-order valence-electron chi connectivity index (χ0n) is 20.6. The molecule has 0 bridgehead atoms. The second kappa shape index (κ2) is 19.9. The lowest BCUT2D eigenvalue weighted by atomic mass is 10.1. The predicted molar refractivity (Wildman–Crippen MR) is 141 cm³/mol. The summed E-state index contributed by atoms with van der Waals surface area (Å²) in [7, 11) is 2.03. The highest BCUT2D eigenvalue weighted by Gasteiger charge is 2.22. The fourth-order valence-electron chi connectivity index (χ4n) is 3.16. The lowest BCUT2D eigenvalue weighted by Crippen LogP contribution is -2.45. The van der Waals surface area contributed by atoms with Gasteiger partial charge in [-0.2, -0.15) is 0 Å². The highest BCUT2D eigenvalue weighted by atomic mass is 79.9. The van der Waals surface area contributed by atoms with Crippen molar-refractivity contribution in [2.45, 2.75) is 78.8 Å². The van der Waals surface area contributed by atoms with Crippen molar-refractivity contribution in [3.05, 3.63) is 58.6 Å². The van der Waals surface area contributed by atoms with E-state index in [1.807, 2.05) is 45.2 Å². The number of allylic oxidation sites excluding steroid dienone is 4. The molecule has 0 radical (unpaired) electrons. The van der Waals surface area contributed by atoms with Crippen LogP contribution in [0.4, 0.5) is 0 Å². The van der Waals surface area contributed by atoms with Gasteiger partial charge >= 0.3 is 0 Å². The Hall–Kier alpha value is -1.72. The molecule has 0 aromatic heterocycles. The number of carbonyl (C=O) groups excluding carboxylic acids is 2. The number of nitrogens with one attached hydrogen (secondary N) is 1. The fraction of sp³-hybridized carbons (Fsp3) is 0.556. The van der Waals surface area contributed by atoms with Crippen molar-refractivity contribution in [2.75, 3.05) is 13.6 Å².